The van der Waals surface area contributed by atoms with Crippen LogP contribution in [0.5, 0.6) is 11.5 Å². The fourth-order valence-electron chi connectivity index (χ4n) is 3.09. The highest BCUT2D eigenvalue weighted by Crippen LogP contribution is 2.35. The summed E-state index contributed by atoms with van der Waals surface area (Å²) < 4.78 is 10.9. The number of ether oxygens (including phenoxy) is 2. The van der Waals surface area contributed by atoms with Crippen LogP contribution in [0.25, 0.3) is 6.08 Å². The molecule has 6 nitrogen and oxygen atoms in total. The van der Waals surface area contributed by atoms with Crippen LogP contribution in [0.3, 0.4) is 0 Å². The smallest absolute Gasteiger partial charge is 0.306 e. The maximum absolute atomic E-state index is 12.4. The minimum atomic E-state index is -0.789. The van der Waals surface area contributed by atoms with E-state index >= 15 is 0 Å². The zero-order valence-electron chi connectivity index (χ0n) is 12.9. The van der Waals surface area contributed by atoms with Gasteiger partial charge in [-0.3, -0.25) is 9.59 Å². The Kier molecular flexibility index (Phi) is 4.23. The summed E-state index contributed by atoms with van der Waals surface area (Å²) in [4.78, 5) is 23.3. The number of hydrogen-bond acceptors (Lipinski definition) is 4. The number of nitrogens with one attached hydrogen (secondary N) is 1. The molecule has 122 valence electrons. The van der Waals surface area contributed by atoms with Gasteiger partial charge in [-0.15, -0.1) is 0 Å². The molecular weight excluding hydrogens is 298 g/mol. The van der Waals surface area contributed by atoms with Crippen molar-refractivity contribution in [2.75, 3.05) is 13.7 Å². The third-order valence-electron chi connectivity index (χ3n) is 4.34. The van der Waals surface area contributed by atoms with Gasteiger partial charge in [-0.1, -0.05) is 12.1 Å². The highest BCUT2D eigenvalue weighted by molar-refractivity contribution is 5.99. The second-order valence-corrected chi connectivity index (χ2v) is 5.86. The van der Waals surface area contributed by atoms with Crippen LogP contribution < -0.4 is 14.8 Å². The Bertz CT molecular complexity index is 667. The van der Waals surface area contributed by atoms with Crippen molar-refractivity contribution in [1.29, 1.82) is 0 Å². The first-order valence-corrected chi connectivity index (χ1v) is 7.62. The standard InChI is InChI=1S/C17H19NO5/c1-22-14-4-2-3-10-7-12(9-23-15(10)14)16(19)18-13-6-5-11(8-13)17(20)21/h2-4,7,11,13H,5-6,8-9H2,1H3,(H,18,19)(H,20,21)/t11-,13+/m0/s1. The number of benzene rings is 1. The van der Waals surface area contributed by atoms with Crippen molar-refractivity contribution in [2.24, 2.45) is 5.92 Å². The van der Waals surface area contributed by atoms with Gasteiger partial charge >= 0.3 is 5.97 Å². The predicted molar refractivity (Wildman–Crippen MR) is 83.4 cm³/mol. The second kappa shape index (κ2) is 6.32. The van der Waals surface area contributed by atoms with E-state index in [1.807, 2.05) is 18.2 Å². The summed E-state index contributed by atoms with van der Waals surface area (Å²) in [5.41, 5.74) is 1.33. The number of carboxylic acids is 1. The fraction of sp³-hybridized carbons (Fsp3) is 0.412. The molecular formula is C17H19NO5. The van der Waals surface area contributed by atoms with Gasteiger partial charge < -0.3 is 19.9 Å². The van der Waals surface area contributed by atoms with E-state index in [1.54, 1.807) is 13.2 Å². The lowest BCUT2D eigenvalue weighted by atomic mass is 10.1. The first-order chi connectivity index (χ1) is 11.1. The lowest BCUT2D eigenvalue weighted by molar-refractivity contribution is -0.141. The zero-order chi connectivity index (χ0) is 16.4. The largest absolute Gasteiger partial charge is 0.493 e. The van der Waals surface area contributed by atoms with E-state index in [0.717, 1.165) is 5.56 Å². The van der Waals surface area contributed by atoms with Gasteiger partial charge in [-0.2, -0.15) is 0 Å². The summed E-state index contributed by atoms with van der Waals surface area (Å²) in [6, 6.07) is 5.42. The second-order valence-electron chi connectivity index (χ2n) is 5.86. The van der Waals surface area contributed by atoms with Crippen LogP contribution in [-0.2, 0) is 9.59 Å². The number of fused-ring (bicyclic) bond motifs is 1. The maximum atomic E-state index is 12.4. The van der Waals surface area contributed by atoms with E-state index in [1.165, 1.54) is 0 Å². The van der Waals surface area contributed by atoms with Crippen molar-refractivity contribution in [3.8, 4) is 11.5 Å². The quantitative estimate of drug-likeness (QED) is 0.885. The molecule has 0 spiro atoms. The molecule has 0 radical (unpaired) electrons. The molecule has 23 heavy (non-hydrogen) atoms. The number of aliphatic carboxylic acids is 1. The summed E-state index contributed by atoms with van der Waals surface area (Å²) in [7, 11) is 1.57. The van der Waals surface area contributed by atoms with Gasteiger partial charge in [0, 0.05) is 11.6 Å². The summed E-state index contributed by atoms with van der Waals surface area (Å²) in [6.07, 6.45) is 3.58. The topological polar surface area (TPSA) is 84.9 Å². The van der Waals surface area contributed by atoms with Crippen LogP contribution in [0.15, 0.2) is 23.8 Å². The third-order valence-corrected chi connectivity index (χ3v) is 4.34. The summed E-state index contributed by atoms with van der Waals surface area (Å²) in [6.45, 7) is 0.175. The number of hydrogen-bond donors (Lipinski definition) is 2. The summed E-state index contributed by atoms with van der Waals surface area (Å²) >= 11 is 0. The summed E-state index contributed by atoms with van der Waals surface area (Å²) in [5, 5.41) is 11.9. The Morgan fingerprint density at radius 2 is 2.17 bits per heavy atom. The molecule has 0 bridgehead atoms. The van der Waals surface area contributed by atoms with Crippen molar-refractivity contribution in [3.63, 3.8) is 0 Å². The molecule has 0 unspecified atom stereocenters. The average molecular weight is 317 g/mol. The molecule has 1 saturated carbocycles. The molecule has 2 aliphatic rings. The Morgan fingerprint density at radius 1 is 1.35 bits per heavy atom. The number of para-hydroxylation sites is 1. The molecule has 0 saturated heterocycles. The molecule has 1 aliphatic heterocycles. The van der Waals surface area contributed by atoms with E-state index < -0.39 is 5.97 Å². The molecule has 6 heteroatoms. The van der Waals surface area contributed by atoms with Gasteiger partial charge in [0.1, 0.15) is 6.61 Å². The molecule has 1 aromatic carbocycles. The molecule has 2 atom stereocenters. The van der Waals surface area contributed by atoms with Crippen molar-refractivity contribution in [3.05, 3.63) is 29.3 Å². The zero-order valence-corrected chi connectivity index (χ0v) is 12.9. The number of carbonyl (C=O) groups is 2. The van der Waals surface area contributed by atoms with E-state index in [4.69, 9.17) is 14.6 Å². The molecule has 1 fully saturated rings. The Morgan fingerprint density at radius 3 is 2.87 bits per heavy atom. The molecule has 3 rings (SSSR count). The SMILES string of the molecule is COc1cccc2c1OCC(C(=O)N[C@@H]1CC[C@H](C(=O)O)C1)=C2. The summed E-state index contributed by atoms with van der Waals surface area (Å²) in [5.74, 6) is -0.0731. The van der Waals surface area contributed by atoms with E-state index in [9.17, 15) is 9.59 Å². The molecule has 0 aromatic heterocycles. The van der Waals surface area contributed by atoms with Crippen LogP contribution >= 0.6 is 0 Å². The van der Waals surface area contributed by atoms with Gasteiger partial charge in [0.15, 0.2) is 11.5 Å². The number of carboxylic acid groups (broad SMARTS) is 1. The first-order valence-electron chi connectivity index (χ1n) is 7.62. The van der Waals surface area contributed by atoms with Crippen molar-refractivity contribution in [2.45, 2.75) is 25.3 Å². The number of methoxy groups -OCH3 is 1. The van der Waals surface area contributed by atoms with E-state index in [2.05, 4.69) is 5.32 Å². The Labute approximate surface area is 134 Å². The van der Waals surface area contributed by atoms with Crippen LogP contribution in [0.2, 0.25) is 0 Å². The lowest BCUT2D eigenvalue weighted by Gasteiger charge is -2.21. The highest BCUT2D eigenvalue weighted by Gasteiger charge is 2.31. The van der Waals surface area contributed by atoms with Gasteiger partial charge in [0.25, 0.3) is 5.91 Å². The van der Waals surface area contributed by atoms with Crippen molar-refractivity contribution < 1.29 is 24.2 Å². The number of amides is 1. The fourth-order valence-corrected chi connectivity index (χ4v) is 3.09. The van der Waals surface area contributed by atoms with Crippen LogP contribution in [0.4, 0.5) is 0 Å². The van der Waals surface area contributed by atoms with Crippen LogP contribution in [-0.4, -0.2) is 36.7 Å². The van der Waals surface area contributed by atoms with Crippen LogP contribution in [0, 0.1) is 5.92 Å². The molecule has 1 heterocycles. The van der Waals surface area contributed by atoms with Gasteiger partial charge in [0.05, 0.1) is 18.6 Å². The lowest BCUT2D eigenvalue weighted by Crippen LogP contribution is -2.36. The predicted octanol–water partition coefficient (Wildman–Crippen LogP) is 1.84. The third kappa shape index (κ3) is 3.16. The minimum absolute atomic E-state index is 0.0868. The monoisotopic (exact) mass is 317 g/mol. The van der Waals surface area contributed by atoms with Crippen molar-refractivity contribution in [1.82, 2.24) is 5.32 Å². The minimum Gasteiger partial charge on any atom is -0.493 e. The maximum Gasteiger partial charge on any atom is 0.306 e. The van der Waals surface area contributed by atoms with Gasteiger partial charge in [-0.05, 0) is 31.4 Å². The van der Waals surface area contributed by atoms with E-state index in [-0.39, 0.29) is 24.5 Å². The Balaban J connectivity index is 1.69. The molecule has 1 amide bonds. The first kappa shape index (κ1) is 15.4. The van der Waals surface area contributed by atoms with Gasteiger partial charge in [-0.25, -0.2) is 0 Å². The normalized spacial score (nSPS) is 22.6. The Hall–Kier alpha value is -2.50. The van der Waals surface area contributed by atoms with Gasteiger partial charge in [0.2, 0.25) is 0 Å². The van der Waals surface area contributed by atoms with E-state index in [0.29, 0.717) is 36.3 Å². The number of rotatable bonds is 4. The molecule has 2 N–H and O–H groups in total. The van der Waals surface area contributed by atoms with Crippen molar-refractivity contribution >= 4 is 18.0 Å². The number of carbonyl (C=O) groups excluding carboxylic acids is 1. The van der Waals surface area contributed by atoms with Crippen LogP contribution in [0.1, 0.15) is 24.8 Å². The highest BCUT2D eigenvalue weighted by atomic mass is 16.5. The molecule has 1 aromatic rings. The molecule has 1 aliphatic carbocycles. The average Bonchev–Trinajstić information content (AvgIpc) is 3.02.